The molecule has 2 rings (SSSR count). The first-order valence-corrected chi connectivity index (χ1v) is 5.91. The van der Waals surface area contributed by atoms with Gasteiger partial charge in [0.15, 0.2) is 0 Å². The maximum absolute atomic E-state index is 12.0. The van der Waals surface area contributed by atoms with Crippen molar-refractivity contribution in [2.45, 2.75) is 13.8 Å². The lowest BCUT2D eigenvalue weighted by atomic mass is 9.92. The fraction of sp³-hybridized carbons (Fsp3) is 0.308. The van der Waals surface area contributed by atoms with Crippen LogP contribution in [-0.2, 0) is 4.79 Å². The van der Waals surface area contributed by atoms with Gasteiger partial charge < -0.3 is 11.1 Å². The lowest BCUT2D eigenvalue weighted by molar-refractivity contribution is -0.125. The molecule has 0 spiro atoms. The van der Waals surface area contributed by atoms with E-state index < -0.39 is 11.3 Å². The number of nitrogens with zero attached hydrogens (tertiary/aromatic N) is 1. The Morgan fingerprint density at radius 2 is 2.16 bits per heavy atom. The van der Waals surface area contributed by atoms with Gasteiger partial charge in [0.2, 0.25) is 5.91 Å². The van der Waals surface area contributed by atoms with Crippen molar-refractivity contribution in [3.8, 4) is 0 Å². The first-order chi connectivity index (χ1) is 8.90. The predicted molar refractivity (Wildman–Crippen MR) is 71.4 cm³/mol. The minimum Gasteiger partial charge on any atom is -0.369 e. The SMILES string of the molecule is CC(C)(CNC(=O)c1ccc2cn[nH]c2c1)C(N)=O. The second-order valence-corrected chi connectivity index (χ2v) is 5.10. The molecule has 0 saturated heterocycles. The van der Waals surface area contributed by atoms with Gasteiger partial charge in [0.05, 0.1) is 17.1 Å². The van der Waals surface area contributed by atoms with Gasteiger partial charge in [-0.3, -0.25) is 14.7 Å². The fourth-order valence-corrected chi connectivity index (χ4v) is 1.57. The van der Waals surface area contributed by atoms with E-state index in [1.807, 2.05) is 6.07 Å². The summed E-state index contributed by atoms with van der Waals surface area (Å²) in [6.07, 6.45) is 1.69. The molecule has 2 amide bonds. The number of amides is 2. The highest BCUT2D eigenvalue weighted by molar-refractivity contribution is 5.98. The highest BCUT2D eigenvalue weighted by atomic mass is 16.2. The molecular formula is C13H16N4O2. The van der Waals surface area contributed by atoms with Crippen molar-refractivity contribution < 1.29 is 9.59 Å². The van der Waals surface area contributed by atoms with Gasteiger partial charge in [-0.2, -0.15) is 5.10 Å². The van der Waals surface area contributed by atoms with Crippen LogP contribution in [0.15, 0.2) is 24.4 Å². The number of rotatable bonds is 4. The van der Waals surface area contributed by atoms with Crippen molar-refractivity contribution in [3.05, 3.63) is 30.0 Å². The Labute approximate surface area is 110 Å². The highest BCUT2D eigenvalue weighted by Crippen LogP contribution is 2.14. The molecule has 100 valence electrons. The Balaban J connectivity index is 2.09. The molecule has 6 nitrogen and oxygen atoms in total. The van der Waals surface area contributed by atoms with E-state index in [9.17, 15) is 9.59 Å². The van der Waals surface area contributed by atoms with Crippen LogP contribution in [0.3, 0.4) is 0 Å². The normalized spacial score (nSPS) is 11.5. The Morgan fingerprint density at radius 1 is 1.42 bits per heavy atom. The minimum atomic E-state index is -0.770. The van der Waals surface area contributed by atoms with E-state index >= 15 is 0 Å². The number of benzene rings is 1. The number of hydrogen-bond donors (Lipinski definition) is 3. The van der Waals surface area contributed by atoms with Gasteiger partial charge in [-0.25, -0.2) is 0 Å². The molecule has 0 radical (unpaired) electrons. The average molecular weight is 260 g/mol. The predicted octanol–water partition coefficient (Wildman–Crippen LogP) is 0.804. The first kappa shape index (κ1) is 13.1. The quantitative estimate of drug-likeness (QED) is 0.758. The van der Waals surface area contributed by atoms with Crippen molar-refractivity contribution in [2.75, 3.05) is 6.54 Å². The molecule has 2 aromatic rings. The van der Waals surface area contributed by atoms with Crippen molar-refractivity contribution in [1.29, 1.82) is 0 Å². The zero-order valence-electron chi connectivity index (χ0n) is 10.9. The van der Waals surface area contributed by atoms with Gasteiger partial charge in [0, 0.05) is 17.5 Å². The zero-order chi connectivity index (χ0) is 14.0. The molecule has 1 aromatic heterocycles. The first-order valence-electron chi connectivity index (χ1n) is 5.91. The van der Waals surface area contributed by atoms with Gasteiger partial charge in [-0.1, -0.05) is 6.07 Å². The van der Waals surface area contributed by atoms with E-state index in [0.717, 1.165) is 10.9 Å². The Kier molecular flexibility index (Phi) is 3.25. The largest absolute Gasteiger partial charge is 0.369 e. The number of aromatic amines is 1. The van der Waals surface area contributed by atoms with Gasteiger partial charge in [0.1, 0.15) is 0 Å². The van der Waals surface area contributed by atoms with Crippen molar-refractivity contribution >= 4 is 22.7 Å². The smallest absolute Gasteiger partial charge is 0.251 e. The summed E-state index contributed by atoms with van der Waals surface area (Å²) in [7, 11) is 0. The molecule has 0 atom stereocenters. The third kappa shape index (κ3) is 2.73. The number of fused-ring (bicyclic) bond motifs is 1. The summed E-state index contributed by atoms with van der Waals surface area (Å²) in [6.45, 7) is 3.57. The highest BCUT2D eigenvalue weighted by Gasteiger charge is 2.25. The summed E-state index contributed by atoms with van der Waals surface area (Å²) in [4.78, 5) is 23.1. The van der Waals surface area contributed by atoms with Crippen LogP contribution in [-0.4, -0.2) is 28.6 Å². The van der Waals surface area contributed by atoms with Gasteiger partial charge >= 0.3 is 0 Å². The number of carbonyl (C=O) groups is 2. The number of primary amides is 1. The second-order valence-electron chi connectivity index (χ2n) is 5.10. The van der Waals surface area contributed by atoms with Crippen molar-refractivity contribution in [1.82, 2.24) is 15.5 Å². The van der Waals surface area contributed by atoms with E-state index in [2.05, 4.69) is 15.5 Å². The summed E-state index contributed by atoms with van der Waals surface area (Å²) in [6, 6.07) is 5.24. The summed E-state index contributed by atoms with van der Waals surface area (Å²) in [5.41, 5.74) is 5.79. The fourth-order valence-electron chi connectivity index (χ4n) is 1.57. The molecule has 4 N–H and O–H groups in total. The molecule has 0 unspecified atom stereocenters. The Hall–Kier alpha value is -2.37. The van der Waals surface area contributed by atoms with Crippen LogP contribution in [0.4, 0.5) is 0 Å². The molecule has 1 heterocycles. The average Bonchev–Trinajstić information content (AvgIpc) is 2.82. The minimum absolute atomic E-state index is 0.197. The number of nitrogens with one attached hydrogen (secondary N) is 2. The number of nitrogens with two attached hydrogens (primary N) is 1. The Morgan fingerprint density at radius 3 is 2.84 bits per heavy atom. The van der Waals surface area contributed by atoms with E-state index in [1.54, 1.807) is 32.2 Å². The van der Waals surface area contributed by atoms with Crippen LogP contribution >= 0.6 is 0 Å². The van der Waals surface area contributed by atoms with E-state index in [1.165, 1.54) is 0 Å². The maximum atomic E-state index is 12.0. The standard InChI is InChI=1S/C13H16N4O2/c1-13(2,12(14)19)7-15-11(18)8-3-4-9-6-16-17-10(9)5-8/h3-6H,7H2,1-2H3,(H2,14,19)(H,15,18)(H,16,17). The maximum Gasteiger partial charge on any atom is 0.251 e. The molecule has 0 saturated carbocycles. The van der Waals surface area contributed by atoms with Crippen LogP contribution in [0.1, 0.15) is 24.2 Å². The number of carbonyl (C=O) groups excluding carboxylic acids is 2. The molecule has 0 aliphatic rings. The van der Waals surface area contributed by atoms with E-state index in [0.29, 0.717) is 5.56 Å². The second kappa shape index (κ2) is 4.72. The number of H-pyrrole nitrogens is 1. The molecule has 0 fully saturated rings. The van der Waals surface area contributed by atoms with Gasteiger partial charge in [-0.05, 0) is 26.0 Å². The Bertz CT molecular complexity index is 630. The van der Waals surface area contributed by atoms with Crippen molar-refractivity contribution in [2.24, 2.45) is 11.1 Å². The van der Waals surface area contributed by atoms with Crippen LogP contribution in [0.2, 0.25) is 0 Å². The van der Waals surface area contributed by atoms with Crippen LogP contribution < -0.4 is 11.1 Å². The third-order valence-corrected chi connectivity index (χ3v) is 3.06. The van der Waals surface area contributed by atoms with E-state index in [-0.39, 0.29) is 12.5 Å². The molecule has 1 aromatic carbocycles. The van der Waals surface area contributed by atoms with Crippen LogP contribution in [0, 0.1) is 5.41 Å². The van der Waals surface area contributed by atoms with Crippen molar-refractivity contribution in [3.63, 3.8) is 0 Å². The molecular weight excluding hydrogens is 244 g/mol. The molecule has 6 heteroatoms. The van der Waals surface area contributed by atoms with E-state index in [4.69, 9.17) is 5.73 Å². The summed E-state index contributed by atoms with van der Waals surface area (Å²) >= 11 is 0. The summed E-state index contributed by atoms with van der Waals surface area (Å²) in [5, 5.41) is 10.3. The molecule has 0 aliphatic heterocycles. The zero-order valence-corrected chi connectivity index (χ0v) is 10.9. The van der Waals surface area contributed by atoms with Gasteiger partial charge in [0.25, 0.3) is 5.91 Å². The topological polar surface area (TPSA) is 101 Å². The molecule has 0 bridgehead atoms. The lowest BCUT2D eigenvalue weighted by Gasteiger charge is -2.20. The monoisotopic (exact) mass is 260 g/mol. The summed E-state index contributed by atoms with van der Waals surface area (Å²) in [5.74, 6) is -0.692. The van der Waals surface area contributed by atoms with Gasteiger partial charge in [-0.15, -0.1) is 0 Å². The lowest BCUT2D eigenvalue weighted by Crippen LogP contribution is -2.42. The third-order valence-electron chi connectivity index (χ3n) is 3.06. The number of hydrogen-bond acceptors (Lipinski definition) is 3. The molecule has 0 aliphatic carbocycles. The van der Waals surface area contributed by atoms with Crippen LogP contribution in [0.25, 0.3) is 10.9 Å². The summed E-state index contributed by atoms with van der Waals surface area (Å²) < 4.78 is 0. The number of aromatic nitrogens is 2. The van der Waals surface area contributed by atoms with Crippen LogP contribution in [0.5, 0.6) is 0 Å². The molecule has 19 heavy (non-hydrogen) atoms.